The van der Waals surface area contributed by atoms with E-state index in [0.29, 0.717) is 12.1 Å². The van der Waals surface area contributed by atoms with Crippen LogP contribution in [0.3, 0.4) is 0 Å². The first-order chi connectivity index (χ1) is 9.87. The highest BCUT2D eigenvalue weighted by molar-refractivity contribution is 7.89. The van der Waals surface area contributed by atoms with E-state index in [4.69, 9.17) is 0 Å². The Balaban J connectivity index is 2.57. The maximum Gasteiger partial charge on any atom is 0.242 e. The number of hydrogen-bond acceptors (Lipinski definition) is 3. The minimum Gasteiger partial charge on any atom is -0.326 e. The summed E-state index contributed by atoms with van der Waals surface area (Å²) in [5.41, 5.74) is 0.619. The number of amides is 1. The highest BCUT2D eigenvalue weighted by Gasteiger charge is 2.16. The summed E-state index contributed by atoms with van der Waals surface area (Å²) in [6.45, 7) is 2.13. The Bertz CT molecular complexity index is 551. The van der Waals surface area contributed by atoms with Crippen LogP contribution in [-0.2, 0) is 14.8 Å². The molecular weight excluding hydrogens is 288 g/mol. The molecule has 1 rings (SSSR count). The van der Waals surface area contributed by atoms with Gasteiger partial charge in [-0.1, -0.05) is 26.2 Å². The van der Waals surface area contributed by atoms with E-state index >= 15 is 0 Å². The first kappa shape index (κ1) is 17.7. The summed E-state index contributed by atoms with van der Waals surface area (Å²) in [6, 6.07) is 6.23. The summed E-state index contributed by atoms with van der Waals surface area (Å²) in [5.74, 6) is -0.0330. The third-order valence-electron chi connectivity index (χ3n) is 3.17. The molecular formula is C15H24N2O3S. The lowest BCUT2D eigenvalue weighted by atomic mass is 10.1. The van der Waals surface area contributed by atoms with E-state index in [2.05, 4.69) is 12.2 Å². The van der Waals surface area contributed by atoms with Crippen LogP contribution in [0.25, 0.3) is 0 Å². The van der Waals surface area contributed by atoms with Gasteiger partial charge in [0.1, 0.15) is 0 Å². The van der Waals surface area contributed by atoms with Crippen LogP contribution in [0.4, 0.5) is 5.69 Å². The van der Waals surface area contributed by atoms with Crippen molar-refractivity contribution in [2.24, 2.45) is 0 Å². The summed E-state index contributed by atoms with van der Waals surface area (Å²) in [4.78, 5) is 11.9. The van der Waals surface area contributed by atoms with Crippen LogP contribution in [0.2, 0.25) is 0 Å². The van der Waals surface area contributed by atoms with Crippen LogP contribution >= 0.6 is 0 Å². The van der Waals surface area contributed by atoms with Crippen molar-refractivity contribution in [2.45, 2.75) is 43.9 Å². The summed E-state index contributed by atoms with van der Waals surface area (Å²) in [5, 5.41) is 2.78. The zero-order chi connectivity index (χ0) is 15.9. The first-order valence-corrected chi connectivity index (χ1v) is 8.64. The van der Waals surface area contributed by atoms with E-state index in [1.807, 2.05) is 0 Å². The van der Waals surface area contributed by atoms with Crippen molar-refractivity contribution in [1.82, 2.24) is 4.31 Å². The van der Waals surface area contributed by atoms with Gasteiger partial charge in [0, 0.05) is 26.2 Å². The van der Waals surface area contributed by atoms with Crippen molar-refractivity contribution in [2.75, 3.05) is 19.4 Å². The van der Waals surface area contributed by atoms with E-state index in [9.17, 15) is 13.2 Å². The Hall–Kier alpha value is -1.40. The van der Waals surface area contributed by atoms with E-state index in [1.165, 1.54) is 26.2 Å². The van der Waals surface area contributed by atoms with E-state index in [0.717, 1.165) is 30.0 Å². The highest BCUT2D eigenvalue weighted by atomic mass is 32.2. The van der Waals surface area contributed by atoms with E-state index < -0.39 is 10.0 Å². The van der Waals surface area contributed by atoms with Crippen molar-refractivity contribution in [1.29, 1.82) is 0 Å². The molecule has 0 bridgehead atoms. The molecule has 0 fully saturated rings. The number of nitrogens with one attached hydrogen (secondary N) is 1. The standard InChI is InChI=1S/C15H24N2O3S/c1-4-5-6-7-8-15(18)16-13-9-11-14(12-10-13)21(19,20)17(2)3/h9-12H,4-8H2,1-3H3,(H,16,18). The molecule has 0 saturated carbocycles. The van der Waals surface area contributed by atoms with Gasteiger partial charge >= 0.3 is 0 Å². The topological polar surface area (TPSA) is 66.5 Å². The number of nitrogens with zero attached hydrogens (tertiary/aromatic N) is 1. The predicted molar refractivity (Wildman–Crippen MR) is 84.7 cm³/mol. The number of unbranched alkanes of at least 4 members (excludes halogenated alkanes) is 3. The normalized spacial score (nSPS) is 11.6. The van der Waals surface area contributed by atoms with Gasteiger partial charge in [0.05, 0.1) is 4.90 Å². The largest absolute Gasteiger partial charge is 0.326 e. The van der Waals surface area contributed by atoms with Gasteiger partial charge in [-0.15, -0.1) is 0 Å². The molecule has 1 aromatic carbocycles. The van der Waals surface area contributed by atoms with Crippen LogP contribution in [0, 0.1) is 0 Å². The molecule has 5 nitrogen and oxygen atoms in total. The quantitative estimate of drug-likeness (QED) is 0.751. The minimum atomic E-state index is -3.42. The predicted octanol–water partition coefficient (Wildman–Crippen LogP) is 2.85. The Morgan fingerprint density at radius 3 is 2.24 bits per heavy atom. The smallest absolute Gasteiger partial charge is 0.242 e. The second kappa shape index (κ2) is 8.14. The van der Waals surface area contributed by atoms with Crippen molar-refractivity contribution >= 4 is 21.6 Å². The molecule has 1 N–H and O–H groups in total. The molecule has 0 aliphatic heterocycles. The van der Waals surface area contributed by atoms with Gasteiger partial charge in [0.2, 0.25) is 15.9 Å². The third kappa shape index (κ3) is 5.47. The molecule has 0 aliphatic carbocycles. The van der Waals surface area contributed by atoms with Crippen LogP contribution < -0.4 is 5.32 Å². The average Bonchev–Trinajstić information content (AvgIpc) is 2.44. The number of rotatable bonds is 8. The Kier molecular flexibility index (Phi) is 6.84. The fraction of sp³-hybridized carbons (Fsp3) is 0.533. The van der Waals surface area contributed by atoms with Gasteiger partial charge in [-0.05, 0) is 30.7 Å². The number of carbonyl (C=O) groups is 1. The molecule has 0 aromatic heterocycles. The molecule has 0 spiro atoms. The van der Waals surface area contributed by atoms with Crippen molar-refractivity contribution < 1.29 is 13.2 Å². The highest BCUT2D eigenvalue weighted by Crippen LogP contribution is 2.17. The van der Waals surface area contributed by atoms with Crippen molar-refractivity contribution in [3.63, 3.8) is 0 Å². The van der Waals surface area contributed by atoms with Gasteiger partial charge in [-0.25, -0.2) is 12.7 Å². The van der Waals surface area contributed by atoms with Crippen LogP contribution in [-0.4, -0.2) is 32.7 Å². The van der Waals surface area contributed by atoms with Crippen molar-refractivity contribution in [3.8, 4) is 0 Å². The van der Waals surface area contributed by atoms with Gasteiger partial charge in [-0.2, -0.15) is 0 Å². The van der Waals surface area contributed by atoms with Gasteiger partial charge in [-0.3, -0.25) is 4.79 Å². The fourth-order valence-corrected chi connectivity index (χ4v) is 2.76. The zero-order valence-corrected chi connectivity index (χ0v) is 13.7. The number of sulfonamides is 1. The Labute approximate surface area is 127 Å². The lowest BCUT2D eigenvalue weighted by Crippen LogP contribution is -2.22. The second-order valence-electron chi connectivity index (χ2n) is 5.17. The number of anilines is 1. The molecule has 21 heavy (non-hydrogen) atoms. The monoisotopic (exact) mass is 312 g/mol. The molecule has 0 atom stereocenters. The minimum absolute atomic E-state index is 0.0330. The summed E-state index contributed by atoms with van der Waals surface area (Å²) < 4.78 is 25.0. The molecule has 6 heteroatoms. The summed E-state index contributed by atoms with van der Waals surface area (Å²) in [7, 11) is -0.447. The third-order valence-corrected chi connectivity index (χ3v) is 5.00. The average molecular weight is 312 g/mol. The summed E-state index contributed by atoms with van der Waals surface area (Å²) in [6.07, 6.45) is 4.72. The number of hydrogen-bond donors (Lipinski definition) is 1. The van der Waals surface area contributed by atoms with Crippen LogP contribution in [0.15, 0.2) is 29.2 Å². The van der Waals surface area contributed by atoms with Crippen LogP contribution in [0.1, 0.15) is 39.0 Å². The lowest BCUT2D eigenvalue weighted by molar-refractivity contribution is -0.116. The second-order valence-corrected chi connectivity index (χ2v) is 7.32. The molecule has 0 aliphatic rings. The fourth-order valence-electron chi connectivity index (χ4n) is 1.86. The van der Waals surface area contributed by atoms with Gasteiger partial charge in [0.15, 0.2) is 0 Å². The summed E-state index contributed by atoms with van der Waals surface area (Å²) >= 11 is 0. The zero-order valence-electron chi connectivity index (χ0n) is 12.9. The van der Waals surface area contributed by atoms with E-state index in [1.54, 1.807) is 12.1 Å². The number of benzene rings is 1. The maximum atomic E-state index is 11.9. The molecule has 118 valence electrons. The molecule has 0 heterocycles. The Morgan fingerprint density at radius 2 is 1.71 bits per heavy atom. The molecule has 1 aromatic rings. The SMILES string of the molecule is CCCCCCC(=O)Nc1ccc(S(=O)(=O)N(C)C)cc1. The van der Waals surface area contributed by atoms with E-state index in [-0.39, 0.29) is 10.8 Å². The number of carbonyl (C=O) groups excluding carboxylic acids is 1. The van der Waals surface area contributed by atoms with Gasteiger partial charge in [0.25, 0.3) is 0 Å². The van der Waals surface area contributed by atoms with Crippen molar-refractivity contribution in [3.05, 3.63) is 24.3 Å². The first-order valence-electron chi connectivity index (χ1n) is 7.20. The lowest BCUT2D eigenvalue weighted by Gasteiger charge is -2.12. The maximum absolute atomic E-state index is 11.9. The molecule has 0 radical (unpaired) electrons. The van der Waals surface area contributed by atoms with Crippen LogP contribution in [0.5, 0.6) is 0 Å². The molecule has 1 amide bonds. The Morgan fingerprint density at radius 1 is 1.10 bits per heavy atom. The van der Waals surface area contributed by atoms with Gasteiger partial charge < -0.3 is 5.32 Å². The molecule has 0 unspecified atom stereocenters. The molecule has 0 saturated heterocycles.